The van der Waals surface area contributed by atoms with Crippen LogP contribution in [-0.2, 0) is 11.3 Å². The number of imidazole rings is 1. The number of amides is 1. The van der Waals surface area contributed by atoms with Gasteiger partial charge >= 0.3 is 5.69 Å². The number of fused-ring (bicyclic) bond motifs is 1. The minimum atomic E-state index is -0.367. The first-order chi connectivity index (χ1) is 12.0. The number of carbonyl (C=O) groups is 1. The van der Waals surface area contributed by atoms with Gasteiger partial charge in [0.2, 0.25) is 5.91 Å². The fourth-order valence-corrected chi connectivity index (χ4v) is 3.26. The molecule has 0 aliphatic rings. The van der Waals surface area contributed by atoms with E-state index >= 15 is 0 Å². The van der Waals surface area contributed by atoms with Gasteiger partial charge in [0.25, 0.3) is 0 Å². The SMILES string of the molecule is C=CCn1c(C)nnc1S[C@@H](C)C(=O)Nc1ccc2[nH]c(=O)[nH]c2c1. The molecule has 0 aliphatic heterocycles. The van der Waals surface area contributed by atoms with Gasteiger partial charge < -0.3 is 19.9 Å². The molecule has 1 amide bonds. The van der Waals surface area contributed by atoms with Crippen LogP contribution in [0.4, 0.5) is 5.69 Å². The molecule has 1 atom stereocenters. The summed E-state index contributed by atoms with van der Waals surface area (Å²) >= 11 is 1.33. The van der Waals surface area contributed by atoms with E-state index in [1.165, 1.54) is 11.8 Å². The first kappa shape index (κ1) is 17.0. The van der Waals surface area contributed by atoms with Crippen molar-refractivity contribution < 1.29 is 4.79 Å². The van der Waals surface area contributed by atoms with Gasteiger partial charge in [-0.1, -0.05) is 17.8 Å². The predicted molar refractivity (Wildman–Crippen MR) is 97.8 cm³/mol. The Bertz CT molecular complexity index is 986. The molecule has 0 bridgehead atoms. The Balaban J connectivity index is 1.71. The van der Waals surface area contributed by atoms with Crippen molar-refractivity contribution in [2.24, 2.45) is 0 Å². The highest BCUT2D eigenvalue weighted by molar-refractivity contribution is 8.00. The van der Waals surface area contributed by atoms with E-state index in [2.05, 4.69) is 32.1 Å². The van der Waals surface area contributed by atoms with Crippen molar-refractivity contribution in [2.75, 3.05) is 5.32 Å². The molecule has 8 nitrogen and oxygen atoms in total. The van der Waals surface area contributed by atoms with Crippen molar-refractivity contribution >= 4 is 34.4 Å². The van der Waals surface area contributed by atoms with E-state index in [1.54, 1.807) is 31.2 Å². The number of carbonyl (C=O) groups excluding carboxylic acids is 1. The van der Waals surface area contributed by atoms with Gasteiger partial charge in [0.05, 0.1) is 16.3 Å². The van der Waals surface area contributed by atoms with Crippen LogP contribution in [0.2, 0.25) is 0 Å². The number of benzene rings is 1. The zero-order valence-corrected chi connectivity index (χ0v) is 14.7. The number of aromatic amines is 2. The van der Waals surface area contributed by atoms with Gasteiger partial charge in [0, 0.05) is 12.2 Å². The molecule has 9 heteroatoms. The van der Waals surface area contributed by atoms with Crippen molar-refractivity contribution in [3.05, 3.63) is 47.2 Å². The molecule has 0 unspecified atom stereocenters. The monoisotopic (exact) mass is 358 g/mol. The van der Waals surface area contributed by atoms with Gasteiger partial charge in [-0.3, -0.25) is 4.79 Å². The van der Waals surface area contributed by atoms with Crippen LogP contribution >= 0.6 is 11.8 Å². The molecule has 25 heavy (non-hydrogen) atoms. The zero-order valence-electron chi connectivity index (χ0n) is 13.9. The Morgan fingerprint density at radius 1 is 1.40 bits per heavy atom. The number of thioether (sulfide) groups is 1. The molecule has 0 radical (unpaired) electrons. The van der Waals surface area contributed by atoms with Crippen LogP contribution < -0.4 is 11.0 Å². The van der Waals surface area contributed by atoms with Crippen LogP contribution in [0, 0.1) is 6.92 Å². The normalized spacial score (nSPS) is 12.2. The van der Waals surface area contributed by atoms with Gasteiger partial charge in [0.1, 0.15) is 5.82 Å². The van der Waals surface area contributed by atoms with Crippen molar-refractivity contribution in [1.82, 2.24) is 24.7 Å². The lowest BCUT2D eigenvalue weighted by Crippen LogP contribution is -2.23. The largest absolute Gasteiger partial charge is 0.325 e. The minimum absolute atomic E-state index is 0.159. The van der Waals surface area contributed by atoms with Crippen LogP contribution in [-0.4, -0.2) is 35.9 Å². The predicted octanol–water partition coefficient (Wildman–Crippen LogP) is 2.06. The summed E-state index contributed by atoms with van der Waals surface area (Å²) in [5.74, 6) is 0.616. The van der Waals surface area contributed by atoms with E-state index in [4.69, 9.17) is 0 Å². The standard InChI is InChI=1S/C16H18N6O2S/c1-4-7-22-10(3)20-21-16(22)25-9(2)14(23)17-11-5-6-12-13(8-11)19-15(24)18-12/h4-6,8-9H,1,7H2,2-3H3,(H,17,23)(H2,18,19,24)/t9-/m0/s1. The number of allylic oxidation sites excluding steroid dienone is 1. The lowest BCUT2D eigenvalue weighted by Gasteiger charge is -2.12. The third kappa shape index (κ3) is 3.66. The molecule has 0 aliphatic carbocycles. The second-order valence-corrected chi connectivity index (χ2v) is 6.83. The third-order valence-electron chi connectivity index (χ3n) is 3.65. The van der Waals surface area contributed by atoms with Crippen LogP contribution in [0.5, 0.6) is 0 Å². The summed E-state index contributed by atoms with van der Waals surface area (Å²) < 4.78 is 1.90. The number of aromatic nitrogens is 5. The molecule has 3 rings (SSSR count). The van der Waals surface area contributed by atoms with Crippen molar-refractivity contribution in [2.45, 2.75) is 30.8 Å². The summed E-state index contributed by atoms with van der Waals surface area (Å²) in [6.45, 7) is 7.98. The van der Waals surface area contributed by atoms with Crippen LogP contribution in [0.3, 0.4) is 0 Å². The highest BCUT2D eigenvalue weighted by Crippen LogP contribution is 2.24. The summed E-state index contributed by atoms with van der Waals surface area (Å²) in [7, 11) is 0. The van der Waals surface area contributed by atoms with E-state index < -0.39 is 0 Å². The molecule has 0 spiro atoms. The van der Waals surface area contributed by atoms with Crippen LogP contribution in [0.1, 0.15) is 12.7 Å². The van der Waals surface area contributed by atoms with Crippen LogP contribution in [0.25, 0.3) is 11.0 Å². The fourth-order valence-electron chi connectivity index (χ4n) is 2.35. The highest BCUT2D eigenvalue weighted by Gasteiger charge is 2.19. The lowest BCUT2D eigenvalue weighted by molar-refractivity contribution is -0.115. The van der Waals surface area contributed by atoms with Crippen molar-refractivity contribution in [3.63, 3.8) is 0 Å². The van der Waals surface area contributed by atoms with E-state index in [0.29, 0.717) is 28.4 Å². The molecule has 3 N–H and O–H groups in total. The molecular formula is C16H18N6O2S. The van der Waals surface area contributed by atoms with Gasteiger partial charge in [-0.15, -0.1) is 16.8 Å². The quantitative estimate of drug-likeness (QED) is 0.462. The maximum Gasteiger partial charge on any atom is 0.323 e. The number of hydrogen-bond donors (Lipinski definition) is 3. The number of nitrogens with zero attached hydrogens (tertiary/aromatic N) is 3. The molecule has 0 fully saturated rings. The zero-order chi connectivity index (χ0) is 18.0. The van der Waals surface area contributed by atoms with E-state index in [9.17, 15) is 9.59 Å². The first-order valence-electron chi connectivity index (χ1n) is 7.68. The Morgan fingerprint density at radius 3 is 2.92 bits per heavy atom. The molecule has 2 aromatic heterocycles. The third-order valence-corrected chi connectivity index (χ3v) is 4.73. The summed E-state index contributed by atoms with van der Waals surface area (Å²) in [6.07, 6.45) is 1.76. The molecule has 1 aromatic carbocycles. The lowest BCUT2D eigenvalue weighted by atomic mass is 10.2. The van der Waals surface area contributed by atoms with Crippen LogP contribution in [0.15, 0.2) is 40.8 Å². The molecular weight excluding hydrogens is 340 g/mol. The van der Waals surface area contributed by atoms with E-state index in [-0.39, 0.29) is 16.8 Å². The van der Waals surface area contributed by atoms with Gasteiger partial charge in [-0.25, -0.2) is 4.79 Å². The maximum atomic E-state index is 12.4. The second-order valence-electron chi connectivity index (χ2n) is 5.52. The number of nitrogens with one attached hydrogen (secondary N) is 3. The molecule has 3 aromatic rings. The van der Waals surface area contributed by atoms with Gasteiger partial charge in [-0.2, -0.15) is 0 Å². The second kappa shape index (κ2) is 6.98. The summed E-state index contributed by atoms with van der Waals surface area (Å²) in [5, 5.41) is 11.3. The average molecular weight is 358 g/mol. The number of anilines is 1. The van der Waals surface area contributed by atoms with E-state index in [0.717, 1.165) is 5.82 Å². The minimum Gasteiger partial charge on any atom is -0.325 e. The summed E-state index contributed by atoms with van der Waals surface area (Å²) in [6, 6.07) is 5.20. The Hall–Kier alpha value is -2.81. The van der Waals surface area contributed by atoms with Gasteiger partial charge in [0.15, 0.2) is 5.16 Å². The van der Waals surface area contributed by atoms with Crippen molar-refractivity contribution in [1.29, 1.82) is 0 Å². The van der Waals surface area contributed by atoms with E-state index in [1.807, 2.05) is 11.5 Å². The number of H-pyrrole nitrogens is 2. The molecule has 0 saturated carbocycles. The average Bonchev–Trinajstić information content (AvgIpc) is 3.10. The Kier molecular flexibility index (Phi) is 4.75. The molecule has 2 heterocycles. The summed E-state index contributed by atoms with van der Waals surface area (Å²) in [5.41, 5.74) is 1.67. The number of rotatable bonds is 6. The number of hydrogen-bond acceptors (Lipinski definition) is 5. The fraction of sp³-hybridized carbons (Fsp3) is 0.250. The van der Waals surface area contributed by atoms with Crippen molar-refractivity contribution in [3.8, 4) is 0 Å². The Labute approximate surface area is 147 Å². The first-order valence-corrected chi connectivity index (χ1v) is 8.56. The van der Waals surface area contributed by atoms with Gasteiger partial charge in [-0.05, 0) is 32.0 Å². The maximum absolute atomic E-state index is 12.4. The molecule has 130 valence electrons. The number of aryl methyl sites for hydroxylation is 1. The Morgan fingerprint density at radius 2 is 2.16 bits per heavy atom. The topological polar surface area (TPSA) is 108 Å². The highest BCUT2D eigenvalue weighted by atomic mass is 32.2. The molecule has 0 saturated heterocycles. The smallest absolute Gasteiger partial charge is 0.323 e. The summed E-state index contributed by atoms with van der Waals surface area (Å²) in [4.78, 5) is 29.1.